The van der Waals surface area contributed by atoms with E-state index in [1.165, 1.54) is 4.90 Å². The van der Waals surface area contributed by atoms with Crippen LogP contribution < -0.4 is 5.32 Å². The first-order chi connectivity index (χ1) is 6.39. The maximum atomic E-state index is 11.2. The number of thioether (sulfide) groups is 1. The van der Waals surface area contributed by atoms with E-state index < -0.39 is 5.60 Å². The van der Waals surface area contributed by atoms with Crippen LogP contribution in [0.5, 0.6) is 0 Å². The lowest BCUT2D eigenvalue weighted by Crippen LogP contribution is -2.43. The number of likely N-dealkylation sites (N-methyl/N-ethyl adjacent to an activating group) is 1. The second kappa shape index (κ2) is 6.27. The molecule has 0 aromatic heterocycles. The smallest absolute Gasteiger partial charge is 0.236 e. The van der Waals surface area contributed by atoms with Crippen LogP contribution >= 0.6 is 11.8 Å². The van der Waals surface area contributed by atoms with Crippen LogP contribution in [0.15, 0.2) is 0 Å². The number of hydrogen-bond acceptors (Lipinski definition) is 4. The average molecular weight is 220 g/mol. The SMILES string of the molecule is CSCC(C)(O)CNCC(=O)N(C)C. The zero-order chi connectivity index (χ0) is 11.2. The summed E-state index contributed by atoms with van der Waals surface area (Å²) < 4.78 is 0. The lowest BCUT2D eigenvalue weighted by molar-refractivity contribution is -0.127. The topological polar surface area (TPSA) is 52.6 Å². The van der Waals surface area contributed by atoms with Gasteiger partial charge in [-0.1, -0.05) is 0 Å². The molecule has 0 aromatic rings. The van der Waals surface area contributed by atoms with Gasteiger partial charge in [0.2, 0.25) is 5.91 Å². The number of amides is 1. The van der Waals surface area contributed by atoms with Gasteiger partial charge in [-0.2, -0.15) is 11.8 Å². The molecule has 0 aliphatic heterocycles. The monoisotopic (exact) mass is 220 g/mol. The van der Waals surface area contributed by atoms with Gasteiger partial charge < -0.3 is 15.3 Å². The van der Waals surface area contributed by atoms with E-state index in [1.807, 2.05) is 6.26 Å². The molecule has 0 bridgehead atoms. The molecule has 0 aliphatic rings. The Labute approximate surface area is 90.0 Å². The Balaban J connectivity index is 3.68. The minimum absolute atomic E-state index is 0.0185. The van der Waals surface area contributed by atoms with E-state index in [-0.39, 0.29) is 12.5 Å². The quantitative estimate of drug-likeness (QED) is 0.650. The van der Waals surface area contributed by atoms with Gasteiger partial charge in [-0.3, -0.25) is 4.79 Å². The molecule has 14 heavy (non-hydrogen) atoms. The summed E-state index contributed by atoms with van der Waals surface area (Å²) in [6.07, 6.45) is 1.94. The number of nitrogens with zero attached hydrogens (tertiary/aromatic N) is 1. The molecule has 84 valence electrons. The fraction of sp³-hybridized carbons (Fsp3) is 0.889. The van der Waals surface area contributed by atoms with Gasteiger partial charge in [0.15, 0.2) is 0 Å². The molecule has 5 heteroatoms. The lowest BCUT2D eigenvalue weighted by Gasteiger charge is -2.22. The van der Waals surface area contributed by atoms with E-state index in [0.717, 1.165) is 0 Å². The van der Waals surface area contributed by atoms with Crippen LogP contribution in [0.25, 0.3) is 0 Å². The van der Waals surface area contributed by atoms with Crippen LogP contribution in [0.4, 0.5) is 0 Å². The normalized spacial score (nSPS) is 14.9. The lowest BCUT2D eigenvalue weighted by atomic mass is 10.1. The van der Waals surface area contributed by atoms with Crippen molar-refractivity contribution in [2.45, 2.75) is 12.5 Å². The predicted molar refractivity (Wildman–Crippen MR) is 60.6 cm³/mol. The number of aliphatic hydroxyl groups is 1. The molecule has 0 spiro atoms. The third kappa shape index (κ3) is 6.23. The maximum Gasteiger partial charge on any atom is 0.236 e. The van der Waals surface area contributed by atoms with Gasteiger partial charge >= 0.3 is 0 Å². The molecule has 0 radical (unpaired) electrons. The van der Waals surface area contributed by atoms with Gasteiger partial charge in [0.25, 0.3) is 0 Å². The summed E-state index contributed by atoms with van der Waals surface area (Å²) in [4.78, 5) is 12.7. The highest BCUT2D eigenvalue weighted by Crippen LogP contribution is 2.08. The summed E-state index contributed by atoms with van der Waals surface area (Å²) in [6, 6.07) is 0. The minimum atomic E-state index is -0.744. The Kier molecular flexibility index (Phi) is 6.15. The fourth-order valence-corrected chi connectivity index (χ4v) is 1.68. The predicted octanol–water partition coefficient (Wildman–Crippen LogP) is -0.222. The first kappa shape index (κ1) is 13.7. The van der Waals surface area contributed by atoms with Gasteiger partial charge in [-0.05, 0) is 13.2 Å². The molecule has 4 nitrogen and oxygen atoms in total. The van der Waals surface area contributed by atoms with Crippen LogP contribution in [-0.2, 0) is 4.79 Å². The van der Waals surface area contributed by atoms with Crippen molar-refractivity contribution in [1.29, 1.82) is 0 Å². The van der Waals surface area contributed by atoms with E-state index in [1.54, 1.807) is 32.8 Å². The summed E-state index contributed by atoms with van der Waals surface area (Å²) >= 11 is 1.59. The zero-order valence-electron chi connectivity index (χ0n) is 9.33. The molecule has 0 aromatic carbocycles. The standard InChI is InChI=1S/C9H20N2O2S/c1-9(13,7-14-4)6-10-5-8(12)11(2)3/h10,13H,5-7H2,1-4H3. The van der Waals surface area contributed by atoms with Crippen LogP contribution in [-0.4, -0.2) is 60.7 Å². The number of hydrogen-bond donors (Lipinski definition) is 2. The number of rotatable bonds is 6. The molecule has 0 heterocycles. The molecule has 0 rings (SSSR count). The van der Waals surface area contributed by atoms with Gasteiger partial charge in [0.1, 0.15) is 0 Å². The number of nitrogens with one attached hydrogen (secondary N) is 1. The largest absolute Gasteiger partial charge is 0.388 e. The van der Waals surface area contributed by atoms with Gasteiger partial charge in [0, 0.05) is 26.4 Å². The van der Waals surface area contributed by atoms with Gasteiger partial charge in [-0.25, -0.2) is 0 Å². The molecule has 1 unspecified atom stereocenters. The van der Waals surface area contributed by atoms with Gasteiger partial charge in [0.05, 0.1) is 12.1 Å². The Morgan fingerprint density at radius 3 is 2.57 bits per heavy atom. The minimum Gasteiger partial charge on any atom is -0.388 e. The molecule has 0 fully saturated rings. The molecule has 0 aliphatic carbocycles. The Hall–Kier alpha value is -0.260. The molecule has 0 saturated heterocycles. The highest BCUT2D eigenvalue weighted by Gasteiger charge is 2.19. The first-order valence-corrected chi connectivity index (χ1v) is 5.90. The van der Waals surface area contributed by atoms with Gasteiger partial charge in [-0.15, -0.1) is 0 Å². The molecule has 1 amide bonds. The second-order valence-electron chi connectivity index (χ2n) is 3.82. The van der Waals surface area contributed by atoms with Crippen LogP contribution in [0, 0.1) is 0 Å². The van der Waals surface area contributed by atoms with Crippen LogP contribution in [0.1, 0.15) is 6.92 Å². The van der Waals surface area contributed by atoms with Crippen LogP contribution in [0.3, 0.4) is 0 Å². The van der Waals surface area contributed by atoms with Crippen molar-refractivity contribution >= 4 is 17.7 Å². The molecule has 0 saturated carbocycles. The van der Waals surface area contributed by atoms with Crippen LogP contribution in [0.2, 0.25) is 0 Å². The summed E-state index contributed by atoms with van der Waals surface area (Å²) in [6.45, 7) is 2.47. The highest BCUT2D eigenvalue weighted by atomic mass is 32.2. The van der Waals surface area contributed by atoms with Crippen molar-refractivity contribution in [3.8, 4) is 0 Å². The molecule has 2 N–H and O–H groups in total. The van der Waals surface area contributed by atoms with E-state index in [9.17, 15) is 9.90 Å². The molecular formula is C9H20N2O2S. The molecular weight excluding hydrogens is 200 g/mol. The van der Waals surface area contributed by atoms with E-state index in [4.69, 9.17) is 0 Å². The summed E-state index contributed by atoms with van der Waals surface area (Å²) in [7, 11) is 3.42. The van der Waals surface area contributed by atoms with E-state index >= 15 is 0 Å². The second-order valence-corrected chi connectivity index (χ2v) is 4.69. The third-order valence-corrected chi connectivity index (χ3v) is 2.65. The Morgan fingerprint density at radius 2 is 2.14 bits per heavy atom. The van der Waals surface area contributed by atoms with Crippen molar-refractivity contribution in [2.24, 2.45) is 0 Å². The number of carbonyl (C=O) groups excluding carboxylic acids is 1. The first-order valence-electron chi connectivity index (χ1n) is 4.51. The maximum absolute atomic E-state index is 11.2. The van der Waals surface area contributed by atoms with Crippen molar-refractivity contribution in [3.63, 3.8) is 0 Å². The van der Waals surface area contributed by atoms with Crippen molar-refractivity contribution in [2.75, 3.05) is 39.2 Å². The summed E-state index contributed by atoms with van der Waals surface area (Å²) in [5.41, 5.74) is -0.744. The third-order valence-electron chi connectivity index (χ3n) is 1.74. The van der Waals surface area contributed by atoms with E-state index in [0.29, 0.717) is 12.3 Å². The highest BCUT2D eigenvalue weighted by molar-refractivity contribution is 7.98. The summed E-state index contributed by atoms with van der Waals surface area (Å²) in [5.74, 6) is 0.681. The van der Waals surface area contributed by atoms with Crippen molar-refractivity contribution in [3.05, 3.63) is 0 Å². The van der Waals surface area contributed by atoms with Crippen molar-refractivity contribution in [1.82, 2.24) is 10.2 Å². The Morgan fingerprint density at radius 1 is 1.57 bits per heavy atom. The summed E-state index contributed by atoms with van der Waals surface area (Å²) in [5, 5.41) is 12.7. The number of carbonyl (C=O) groups is 1. The molecule has 1 atom stereocenters. The van der Waals surface area contributed by atoms with Crippen molar-refractivity contribution < 1.29 is 9.90 Å². The average Bonchev–Trinajstić information content (AvgIpc) is 2.03. The fourth-order valence-electron chi connectivity index (χ4n) is 0.959. The zero-order valence-corrected chi connectivity index (χ0v) is 10.1. The van der Waals surface area contributed by atoms with E-state index in [2.05, 4.69) is 5.32 Å². The Bertz CT molecular complexity index is 184.